The second-order valence-electron chi connectivity index (χ2n) is 7.45. The first-order valence-electron chi connectivity index (χ1n) is 10.7. The molecule has 3 aromatic carbocycles. The Morgan fingerprint density at radius 3 is 2.46 bits per heavy atom. The normalized spacial score (nSPS) is 11.2. The fraction of sp³-hybridized carbons (Fsp3) is 0.167. The molecule has 0 aliphatic rings. The van der Waals surface area contributed by atoms with Crippen molar-refractivity contribution < 1.29 is 31.8 Å². The second kappa shape index (κ2) is 11.8. The van der Waals surface area contributed by atoms with Crippen molar-refractivity contribution in [2.45, 2.75) is 18.7 Å². The van der Waals surface area contributed by atoms with E-state index in [2.05, 4.69) is 26.5 Å². The number of rotatable bonds is 10. The molecule has 37 heavy (non-hydrogen) atoms. The van der Waals surface area contributed by atoms with Crippen LogP contribution < -0.4 is 19.1 Å². The predicted molar refractivity (Wildman–Crippen MR) is 139 cm³/mol. The van der Waals surface area contributed by atoms with Crippen molar-refractivity contribution in [1.82, 2.24) is 5.43 Å². The van der Waals surface area contributed by atoms with Gasteiger partial charge in [-0.05, 0) is 77.3 Å². The first kappa shape index (κ1) is 27.6. The molecule has 0 atom stereocenters. The van der Waals surface area contributed by atoms with Crippen molar-refractivity contribution >= 4 is 43.9 Å². The van der Waals surface area contributed by atoms with Crippen LogP contribution in [0.1, 0.15) is 28.4 Å². The van der Waals surface area contributed by atoms with Gasteiger partial charge in [-0.1, -0.05) is 6.07 Å². The van der Waals surface area contributed by atoms with Crippen LogP contribution in [0, 0.1) is 17.0 Å². The lowest BCUT2D eigenvalue weighted by atomic mass is 10.1. The quantitative estimate of drug-likeness (QED) is 0.156. The Morgan fingerprint density at radius 2 is 1.84 bits per heavy atom. The number of methoxy groups -OCH3 is 1. The lowest BCUT2D eigenvalue weighted by molar-refractivity contribution is -0.384. The number of aryl methyl sites for hydroxylation is 1. The van der Waals surface area contributed by atoms with Crippen LogP contribution in [0.4, 0.5) is 5.69 Å². The monoisotopic (exact) mass is 591 g/mol. The molecule has 3 rings (SSSR count). The number of amides is 1. The minimum absolute atomic E-state index is 0.0929. The number of nitrogens with one attached hydrogen (secondary N) is 1. The number of hydrazone groups is 1. The summed E-state index contributed by atoms with van der Waals surface area (Å²) in [7, 11) is -2.87. The van der Waals surface area contributed by atoms with Gasteiger partial charge in [0.25, 0.3) is 11.6 Å². The summed E-state index contributed by atoms with van der Waals surface area (Å²) in [4.78, 5) is 22.4. The summed E-state index contributed by atoms with van der Waals surface area (Å²) in [6.45, 7) is 3.78. The fourth-order valence-electron chi connectivity index (χ4n) is 3.11. The van der Waals surface area contributed by atoms with E-state index in [0.29, 0.717) is 16.9 Å². The van der Waals surface area contributed by atoms with Gasteiger partial charge in [0.1, 0.15) is 10.6 Å². The van der Waals surface area contributed by atoms with E-state index in [9.17, 15) is 23.3 Å². The van der Waals surface area contributed by atoms with Gasteiger partial charge in [0, 0.05) is 12.1 Å². The number of carbonyl (C=O) groups excluding carboxylic acids is 1. The number of carbonyl (C=O) groups is 1. The van der Waals surface area contributed by atoms with Gasteiger partial charge >= 0.3 is 10.1 Å². The van der Waals surface area contributed by atoms with E-state index >= 15 is 0 Å². The zero-order chi connectivity index (χ0) is 27.2. The number of nitrogens with zero attached hydrogens (tertiary/aromatic N) is 2. The highest BCUT2D eigenvalue weighted by Gasteiger charge is 2.23. The number of benzene rings is 3. The van der Waals surface area contributed by atoms with E-state index in [-0.39, 0.29) is 33.2 Å². The molecule has 0 heterocycles. The molecule has 0 spiro atoms. The van der Waals surface area contributed by atoms with Gasteiger partial charge in [-0.25, -0.2) is 5.43 Å². The van der Waals surface area contributed by atoms with Crippen LogP contribution in [0.3, 0.4) is 0 Å². The van der Waals surface area contributed by atoms with Crippen LogP contribution in [0.2, 0.25) is 0 Å². The molecule has 3 aromatic rings. The number of nitro benzene ring substituents is 1. The van der Waals surface area contributed by atoms with E-state index in [1.807, 2.05) is 6.92 Å². The molecule has 0 aliphatic heterocycles. The highest BCUT2D eigenvalue weighted by Crippen LogP contribution is 2.38. The Bertz CT molecular complexity index is 1460. The number of ether oxygens (including phenoxy) is 2. The van der Waals surface area contributed by atoms with Gasteiger partial charge in [0.15, 0.2) is 11.5 Å². The van der Waals surface area contributed by atoms with E-state index in [4.69, 9.17) is 13.7 Å². The van der Waals surface area contributed by atoms with Crippen LogP contribution in [0.25, 0.3) is 0 Å². The molecule has 0 unspecified atom stereocenters. The minimum Gasteiger partial charge on any atom is -0.496 e. The van der Waals surface area contributed by atoms with Crippen LogP contribution in [-0.4, -0.2) is 39.2 Å². The molecule has 0 saturated carbocycles. The highest BCUT2D eigenvalue weighted by molar-refractivity contribution is 9.10. The first-order chi connectivity index (χ1) is 17.6. The maximum absolute atomic E-state index is 12.8. The zero-order valence-electron chi connectivity index (χ0n) is 19.9. The number of non-ortho nitro benzene ring substituents is 1. The summed E-state index contributed by atoms with van der Waals surface area (Å²) in [5.74, 6) is -0.0997. The number of halogens is 1. The van der Waals surface area contributed by atoms with Crippen molar-refractivity contribution in [1.29, 1.82) is 0 Å². The maximum atomic E-state index is 12.8. The van der Waals surface area contributed by atoms with Crippen molar-refractivity contribution in [3.63, 3.8) is 0 Å². The van der Waals surface area contributed by atoms with Crippen LogP contribution in [0.15, 0.2) is 69.1 Å². The molecule has 0 aliphatic carbocycles. The van der Waals surface area contributed by atoms with Gasteiger partial charge < -0.3 is 13.7 Å². The van der Waals surface area contributed by atoms with Gasteiger partial charge in [0.05, 0.1) is 34.9 Å². The molecule has 0 aromatic heterocycles. The number of hydrogen-bond donors (Lipinski definition) is 1. The van der Waals surface area contributed by atoms with E-state index in [1.165, 1.54) is 25.5 Å². The highest BCUT2D eigenvalue weighted by atomic mass is 79.9. The SMILES string of the molecule is CCOc1cc(/C=N\NC(=O)c2ccc(C)cc2OC)cc(Br)c1OS(=O)(=O)c1ccc([N+](=O)[O-])cc1. The number of hydrogen-bond acceptors (Lipinski definition) is 9. The average molecular weight is 592 g/mol. The topological polar surface area (TPSA) is 146 Å². The largest absolute Gasteiger partial charge is 0.496 e. The smallest absolute Gasteiger partial charge is 0.339 e. The van der Waals surface area contributed by atoms with Gasteiger partial charge in [-0.2, -0.15) is 13.5 Å². The summed E-state index contributed by atoms with van der Waals surface area (Å²) in [5, 5.41) is 14.8. The van der Waals surface area contributed by atoms with Crippen LogP contribution in [0.5, 0.6) is 17.2 Å². The van der Waals surface area contributed by atoms with Crippen LogP contribution in [-0.2, 0) is 10.1 Å². The Balaban J connectivity index is 1.83. The van der Waals surface area contributed by atoms with Crippen molar-refractivity contribution in [3.8, 4) is 17.2 Å². The van der Waals surface area contributed by atoms with Gasteiger partial charge in [-0.15, -0.1) is 0 Å². The molecular weight excluding hydrogens is 570 g/mol. The molecule has 194 valence electrons. The molecule has 0 fully saturated rings. The minimum atomic E-state index is -4.34. The summed E-state index contributed by atoms with van der Waals surface area (Å²) >= 11 is 3.28. The van der Waals surface area contributed by atoms with Gasteiger partial charge in [-0.3, -0.25) is 14.9 Å². The Morgan fingerprint density at radius 1 is 1.14 bits per heavy atom. The summed E-state index contributed by atoms with van der Waals surface area (Å²) < 4.78 is 41.9. The van der Waals surface area contributed by atoms with Crippen molar-refractivity contribution in [2.75, 3.05) is 13.7 Å². The standard InChI is InChI=1S/C24H22BrN3O8S/c1-4-35-22-13-16(14-26-27-24(29)19-10-5-15(2)11-21(19)34-3)12-20(25)23(22)36-37(32,33)18-8-6-17(7-9-18)28(30)31/h5-14H,4H2,1-3H3,(H,27,29)/b26-14-. The molecule has 0 saturated heterocycles. The number of nitro groups is 1. The van der Waals surface area contributed by atoms with E-state index in [0.717, 1.165) is 29.8 Å². The third kappa shape index (κ3) is 6.83. The van der Waals surface area contributed by atoms with Gasteiger partial charge in [0.2, 0.25) is 0 Å². The Kier molecular flexibility index (Phi) is 8.84. The molecule has 0 bridgehead atoms. The summed E-state index contributed by atoms with van der Waals surface area (Å²) in [6, 6.07) is 12.4. The average Bonchev–Trinajstić information content (AvgIpc) is 2.86. The lowest BCUT2D eigenvalue weighted by Gasteiger charge is -2.14. The third-order valence-electron chi connectivity index (χ3n) is 4.84. The first-order valence-corrected chi connectivity index (χ1v) is 12.9. The Hall–Kier alpha value is -3.97. The molecular formula is C24H22BrN3O8S. The summed E-state index contributed by atoms with van der Waals surface area (Å²) in [5.41, 5.74) is 3.87. The van der Waals surface area contributed by atoms with Crippen molar-refractivity contribution in [2.24, 2.45) is 5.10 Å². The van der Waals surface area contributed by atoms with Crippen LogP contribution >= 0.6 is 15.9 Å². The summed E-state index contributed by atoms with van der Waals surface area (Å²) in [6.07, 6.45) is 1.35. The van der Waals surface area contributed by atoms with Crippen molar-refractivity contribution in [3.05, 3.63) is 85.9 Å². The van der Waals surface area contributed by atoms with E-state index in [1.54, 1.807) is 25.1 Å². The lowest BCUT2D eigenvalue weighted by Crippen LogP contribution is -2.18. The fourth-order valence-corrected chi connectivity index (χ4v) is 4.72. The predicted octanol–water partition coefficient (Wildman–Crippen LogP) is 4.60. The zero-order valence-corrected chi connectivity index (χ0v) is 22.3. The maximum Gasteiger partial charge on any atom is 0.339 e. The molecule has 13 heteroatoms. The Labute approximate surface area is 221 Å². The van der Waals surface area contributed by atoms with E-state index < -0.39 is 20.9 Å². The molecule has 1 amide bonds. The molecule has 11 nitrogen and oxygen atoms in total. The second-order valence-corrected chi connectivity index (χ2v) is 9.85. The molecule has 1 N–H and O–H groups in total. The third-order valence-corrected chi connectivity index (χ3v) is 6.67. The molecule has 0 radical (unpaired) electrons.